The highest BCUT2D eigenvalue weighted by atomic mass is 35.5. The van der Waals surface area contributed by atoms with Gasteiger partial charge in [0.05, 0.1) is 28.4 Å². The molecule has 152 valence electrons. The van der Waals surface area contributed by atoms with E-state index in [0.717, 1.165) is 33.7 Å². The zero-order valence-corrected chi connectivity index (χ0v) is 17.6. The Morgan fingerprint density at radius 1 is 0.935 bits per heavy atom. The van der Waals surface area contributed by atoms with Crippen LogP contribution in [0.25, 0.3) is 11.3 Å². The highest BCUT2D eigenvalue weighted by Gasteiger charge is 2.37. The molecule has 1 aliphatic rings. The lowest BCUT2D eigenvalue weighted by Crippen LogP contribution is -2.16. The van der Waals surface area contributed by atoms with Crippen LogP contribution < -0.4 is 4.74 Å². The second-order valence-corrected chi connectivity index (χ2v) is 7.97. The van der Waals surface area contributed by atoms with E-state index in [1.54, 1.807) is 10.8 Å². The van der Waals surface area contributed by atoms with Crippen molar-refractivity contribution < 1.29 is 4.74 Å². The summed E-state index contributed by atoms with van der Waals surface area (Å²) >= 11 is 6.18. The van der Waals surface area contributed by atoms with Crippen molar-refractivity contribution in [1.29, 1.82) is 0 Å². The second-order valence-electron chi connectivity index (χ2n) is 7.53. The van der Waals surface area contributed by atoms with Crippen LogP contribution in [0.4, 0.5) is 0 Å². The fraction of sp³-hybridized carbons (Fsp3) is 0.130. The van der Waals surface area contributed by atoms with Crippen molar-refractivity contribution in [3.8, 4) is 17.4 Å². The average molecular weight is 429 g/mol. The molecule has 0 fully saturated rings. The summed E-state index contributed by atoms with van der Waals surface area (Å²) in [5.74, 6) is 1.66. The number of benzene rings is 2. The van der Waals surface area contributed by atoms with E-state index in [-0.39, 0.29) is 5.92 Å². The van der Waals surface area contributed by atoms with Gasteiger partial charge in [0.15, 0.2) is 5.65 Å². The van der Waals surface area contributed by atoms with Gasteiger partial charge in [0, 0.05) is 5.02 Å². The topological polar surface area (TPSA) is 70.1 Å². The van der Waals surface area contributed by atoms with Crippen molar-refractivity contribution in [3.05, 3.63) is 94.2 Å². The Balaban J connectivity index is 1.67. The normalized spacial score (nSPS) is 14.9. The third-order valence-electron chi connectivity index (χ3n) is 5.53. The average Bonchev–Trinajstić information content (AvgIpc) is 3.33. The Morgan fingerprint density at radius 3 is 2.48 bits per heavy atom. The van der Waals surface area contributed by atoms with E-state index in [9.17, 15) is 0 Å². The fourth-order valence-electron chi connectivity index (χ4n) is 4.22. The molecule has 7 nitrogen and oxygen atoms in total. The molecule has 0 aliphatic carbocycles. The van der Waals surface area contributed by atoms with Crippen molar-refractivity contribution in [2.45, 2.75) is 19.8 Å². The van der Waals surface area contributed by atoms with Gasteiger partial charge in [-0.1, -0.05) is 41.9 Å². The monoisotopic (exact) mass is 428 g/mol. The molecule has 8 heteroatoms. The number of hydrogen-bond donors (Lipinski definition) is 0. The van der Waals surface area contributed by atoms with E-state index >= 15 is 0 Å². The molecule has 0 radical (unpaired) electrons. The number of aromatic nitrogens is 6. The lowest BCUT2D eigenvalue weighted by molar-refractivity contribution is 0.402. The van der Waals surface area contributed by atoms with Gasteiger partial charge in [-0.25, -0.2) is 19.2 Å². The van der Waals surface area contributed by atoms with E-state index in [2.05, 4.69) is 15.1 Å². The summed E-state index contributed by atoms with van der Waals surface area (Å²) in [5, 5.41) is 9.94. The summed E-state index contributed by atoms with van der Waals surface area (Å²) in [4.78, 5) is 9.23. The number of halogens is 1. The summed E-state index contributed by atoms with van der Waals surface area (Å²) in [7, 11) is 0. The molecule has 0 N–H and O–H groups in total. The van der Waals surface area contributed by atoms with Crippen molar-refractivity contribution in [1.82, 2.24) is 29.4 Å². The van der Waals surface area contributed by atoms with E-state index in [0.29, 0.717) is 22.6 Å². The lowest BCUT2D eigenvalue weighted by Gasteiger charge is -2.26. The number of rotatable bonds is 2. The molecule has 0 amide bonds. The van der Waals surface area contributed by atoms with Crippen LogP contribution in [0.2, 0.25) is 5.02 Å². The largest absolute Gasteiger partial charge is 0.420 e. The predicted octanol–water partition coefficient (Wildman–Crippen LogP) is 4.87. The first-order valence-corrected chi connectivity index (χ1v) is 10.3. The van der Waals surface area contributed by atoms with E-state index in [1.807, 2.05) is 73.1 Å². The number of para-hydroxylation sites is 1. The van der Waals surface area contributed by atoms with Crippen LogP contribution in [0.3, 0.4) is 0 Å². The molecule has 3 aromatic heterocycles. The van der Waals surface area contributed by atoms with Crippen LogP contribution in [-0.2, 0) is 0 Å². The first kappa shape index (κ1) is 18.1. The van der Waals surface area contributed by atoms with Crippen molar-refractivity contribution in [3.63, 3.8) is 0 Å². The summed E-state index contributed by atoms with van der Waals surface area (Å²) in [6.45, 7) is 3.86. The summed E-state index contributed by atoms with van der Waals surface area (Å²) in [5.41, 5.74) is 5.43. The van der Waals surface area contributed by atoms with Gasteiger partial charge < -0.3 is 4.74 Å². The second kappa shape index (κ2) is 6.65. The van der Waals surface area contributed by atoms with Gasteiger partial charge in [-0.3, -0.25) is 0 Å². The zero-order chi connectivity index (χ0) is 21.1. The van der Waals surface area contributed by atoms with Crippen molar-refractivity contribution in [2.24, 2.45) is 0 Å². The van der Waals surface area contributed by atoms with Gasteiger partial charge in [-0.15, -0.1) is 0 Å². The van der Waals surface area contributed by atoms with Crippen LogP contribution in [0, 0.1) is 13.8 Å². The van der Waals surface area contributed by atoms with Gasteiger partial charge in [0.25, 0.3) is 0 Å². The van der Waals surface area contributed by atoms with Gasteiger partial charge in [0.2, 0.25) is 11.8 Å². The van der Waals surface area contributed by atoms with Gasteiger partial charge in [0.1, 0.15) is 12.2 Å². The molecule has 0 saturated heterocycles. The van der Waals surface area contributed by atoms with Gasteiger partial charge in [-0.2, -0.15) is 10.2 Å². The smallest absolute Gasteiger partial charge is 0.230 e. The standard InChI is InChI=1S/C23H17ClN6O/c1-13-18-19(15-8-10-16(24)11-9-15)20-21-26-14(2)28-29(21)12-25-22(20)31-23(18)30(27-13)17-6-4-3-5-7-17/h3-12,19H,1-2H3/t19-/m1/s1. The number of aryl methyl sites for hydroxylation is 2. The first-order valence-electron chi connectivity index (χ1n) is 9.90. The van der Waals surface area contributed by atoms with Crippen LogP contribution in [0.15, 0.2) is 60.9 Å². The van der Waals surface area contributed by atoms with Gasteiger partial charge in [-0.05, 0) is 43.7 Å². The quantitative estimate of drug-likeness (QED) is 0.393. The number of hydrogen-bond acceptors (Lipinski definition) is 5. The molecule has 31 heavy (non-hydrogen) atoms. The molecule has 0 spiro atoms. The molecule has 6 rings (SSSR count). The maximum absolute atomic E-state index is 6.36. The van der Waals surface area contributed by atoms with Crippen molar-refractivity contribution >= 4 is 17.2 Å². The van der Waals surface area contributed by atoms with Crippen LogP contribution in [-0.4, -0.2) is 29.4 Å². The highest BCUT2D eigenvalue weighted by molar-refractivity contribution is 6.30. The summed E-state index contributed by atoms with van der Waals surface area (Å²) in [6, 6.07) is 17.8. The number of ether oxygens (including phenoxy) is 1. The third kappa shape index (κ3) is 2.74. The zero-order valence-electron chi connectivity index (χ0n) is 16.8. The molecule has 4 heterocycles. The third-order valence-corrected chi connectivity index (χ3v) is 5.78. The predicted molar refractivity (Wildman–Crippen MR) is 116 cm³/mol. The molecule has 1 aliphatic heterocycles. The maximum Gasteiger partial charge on any atom is 0.230 e. The Labute approximate surface area is 182 Å². The Morgan fingerprint density at radius 2 is 1.71 bits per heavy atom. The summed E-state index contributed by atoms with van der Waals surface area (Å²) in [6.07, 6.45) is 1.63. The Hall–Kier alpha value is -3.71. The number of fused-ring (bicyclic) bond motifs is 4. The van der Waals surface area contributed by atoms with Crippen LogP contribution in [0.5, 0.6) is 11.8 Å². The van der Waals surface area contributed by atoms with E-state index < -0.39 is 0 Å². The first-order chi connectivity index (χ1) is 15.1. The fourth-order valence-corrected chi connectivity index (χ4v) is 4.34. The maximum atomic E-state index is 6.36. The van der Waals surface area contributed by atoms with Crippen molar-refractivity contribution in [2.75, 3.05) is 0 Å². The van der Waals surface area contributed by atoms with Gasteiger partial charge >= 0.3 is 0 Å². The van der Waals surface area contributed by atoms with E-state index in [4.69, 9.17) is 21.4 Å². The minimum atomic E-state index is -0.173. The highest BCUT2D eigenvalue weighted by Crippen LogP contribution is 2.49. The van der Waals surface area contributed by atoms with E-state index in [1.165, 1.54) is 0 Å². The number of nitrogens with zero attached hydrogens (tertiary/aromatic N) is 6. The SMILES string of the molecule is Cc1nc2c3c(ncn2n1)Oc1c(c(C)nn1-c1ccccc1)[C@H]3c1ccc(Cl)cc1. The minimum absolute atomic E-state index is 0.173. The molecule has 2 aromatic carbocycles. The molecular formula is C23H17ClN6O. The minimum Gasteiger partial charge on any atom is -0.420 e. The Kier molecular flexibility index (Phi) is 3.88. The molecule has 5 aromatic rings. The molecular weight excluding hydrogens is 412 g/mol. The summed E-state index contributed by atoms with van der Waals surface area (Å²) < 4.78 is 9.89. The molecule has 0 saturated carbocycles. The lowest BCUT2D eigenvalue weighted by atomic mass is 9.84. The van der Waals surface area contributed by atoms with Crippen LogP contribution in [0.1, 0.15) is 34.1 Å². The molecule has 0 unspecified atom stereocenters. The van der Waals surface area contributed by atoms with Crippen LogP contribution >= 0.6 is 11.6 Å². The Bertz CT molecular complexity index is 1440. The molecule has 1 atom stereocenters. The molecule has 0 bridgehead atoms.